The van der Waals surface area contributed by atoms with E-state index in [-0.39, 0.29) is 36.3 Å². The molecular formula is C24H26ClN5O4. The maximum absolute atomic E-state index is 12.9. The summed E-state index contributed by atoms with van der Waals surface area (Å²) in [6.07, 6.45) is 0. The first-order valence-corrected chi connectivity index (χ1v) is 10.1. The summed E-state index contributed by atoms with van der Waals surface area (Å²) in [5.74, 6) is -2.37. The van der Waals surface area contributed by atoms with Crippen molar-refractivity contribution in [2.24, 2.45) is 11.5 Å². The fourth-order valence-electron chi connectivity index (χ4n) is 3.74. The minimum Gasteiger partial charge on any atom is -0.479 e. The number of nitrogens with one attached hydrogen (secondary N) is 3. The Morgan fingerprint density at radius 1 is 1.06 bits per heavy atom. The van der Waals surface area contributed by atoms with E-state index >= 15 is 0 Å². The van der Waals surface area contributed by atoms with Crippen molar-refractivity contribution in [1.29, 1.82) is 5.41 Å². The molecule has 34 heavy (non-hydrogen) atoms. The number of Topliss-reactive ketones (excluding diaryl/α,β-unsaturated/α-hetero) is 1. The van der Waals surface area contributed by atoms with E-state index in [1.807, 2.05) is 0 Å². The van der Waals surface area contributed by atoms with Crippen LogP contribution < -0.4 is 22.1 Å². The van der Waals surface area contributed by atoms with Crippen molar-refractivity contribution in [2.45, 2.75) is 12.1 Å². The zero-order valence-electron chi connectivity index (χ0n) is 18.4. The van der Waals surface area contributed by atoms with Crippen molar-refractivity contribution in [3.63, 3.8) is 0 Å². The summed E-state index contributed by atoms with van der Waals surface area (Å²) < 4.78 is 0. The van der Waals surface area contributed by atoms with Crippen LogP contribution in [-0.2, 0) is 21.7 Å². The largest absolute Gasteiger partial charge is 0.479 e. The second-order valence-electron chi connectivity index (χ2n) is 7.47. The topological polar surface area (TPSA) is 171 Å². The molecule has 1 amide bonds. The number of carboxylic acids is 1. The summed E-state index contributed by atoms with van der Waals surface area (Å²) >= 11 is 0. The van der Waals surface area contributed by atoms with Gasteiger partial charge in [-0.05, 0) is 41.1 Å². The average Bonchev–Trinajstić information content (AvgIpc) is 2.82. The Morgan fingerprint density at radius 3 is 2.29 bits per heavy atom. The van der Waals surface area contributed by atoms with Gasteiger partial charge in [0.2, 0.25) is 5.54 Å². The molecule has 0 aliphatic rings. The van der Waals surface area contributed by atoms with Gasteiger partial charge >= 0.3 is 5.97 Å². The third-order valence-corrected chi connectivity index (χ3v) is 5.58. The monoisotopic (exact) mass is 483 g/mol. The van der Waals surface area contributed by atoms with Gasteiger partial charge in [-0.2, -0.15) is 0 Å². The van der Waals surface area contributed by atoms with E-state index in [4.69, 9.17) is 16.9 Å². The van der Waals surface area contributed by atoms with Gasteiger partial charge in [-0.15, -0.1) is 12.4 Å². The number of hydrogen-bond donors (Lipinski definition) is 6. The van der Waals surface area contributed by atoms with Crippen LogP contribution in [0.3, 0.4) is 0 Å². The predicted octanol–water partition coefficient (Wildman–Crippen LogP) is 1.50. The molecule has 0 aliphatic carbocycles. The standard InChI is InChI=1S/C24H25N5O4.ClH/c1-28-24(23(32)33,20(30)12-25)17-9-10-18-16(11-17)3-2-4-19(18)22(31)29-13-14-5-7-15(8-6-14)21(26)27;/h2-11,28H,12-13,25H2,1H3,(H3,26,27)(H,29,31)(H,32,33);1H. The highest BCUT2D eigenvalue weighted by atomic mass is 35.5. The van der Waals surface area contributed by atoms with Crippen molar-refractivity contribution in [1.82, 2.24) is 10.6 Å². The lowest BCUT2D eigenvalue weighted by Gasteiger charge is -2.28. The number of nitrogen functional groups attached to an aromatic ring is 1. The van der Waals surface area contributed by atoms with Crippen LogP contribution in [0.1, 0.15) is 27.0 Å². The molecule has 8 N–H and O–H groups in total. The summed E-state index contributed by atoms with van der Waals surface area (Å²) in [4.78, 5) is 37.3. The number of amides is 1. The van der Waals surface area contributed by atoms with E-state index in [2.05, 4.69) is 10.6 Å². The van der Waals surface area contributed by atoms with Crippen molar-refractivity contribution in [2.75, 3.05) is 13.6 Å². The Balaban J connectivity index is 0.00000408. The Kier molecular flexibility index (Phi) is 8.47. The number of likely N-dealkylation sites (N-methyl/N-ethyl adjacent to an activating group) is 1. The van der Waals surface area contributed by atoms with Crippen molar-refractivity contribution >= 4 is 46.7 Å². The number of nitrogens with two attached hydrogens (primary N) is 2. The number of carbonyl (C=O) groups is 3. The number of aliphatic carboxylic acids is 1. The van der Waals surface area contributed by atoms with Gasteiger partial charge in [0, 0.05) is 17.7 Å². The lowest BCUT2D eigenvalue weighted by atomic mass is 9.84. The number of hydrogen-bond acceptors (Lipinski definition) is 6. The summed E-state index contributed by atoms with van der Waals surface area (Å²) in [6, 6.07) is 16.8. The molecule has 10 heteroatoms. The average molecular weight is 484 g/mol. The number of rotatable bonds is 9. The normalized spacial score (nSPS) is 12.3. The molecule has 0 aliphatic heterocycles. The molecule has 3 rings (SSSR count). The molecule has 0 heterocycles. The number of amidine groups is 1. The highest BCUT2D eigenvalue weighted by Gasteiger charge is 2.45. The van der Waals surface area contributed by atoms with E-state index in [1.165, 1.54) is 13.1 Å². The van der Waals surface area contributed by atoms with Gasteiger partial charge in [0.05, 0.1) is 6.54 Å². The summed E-state index contributed by atoms with van der Waals surface area (Å²) in [5, 5.41) is 23.9. The Bertz CT molecular complexity index is 1250. The molecule has 3 aromatic rings. The molecule has 3 aromatic carbocycles. The predicted molar refractivity (Wildman–Crippen MR) is 132 cm³/mol. The molecule has 0 spiro atoms. The van der Waals surface area contributed by atoms with Crippen LogP contribution in [0.4, 0.5) is 0 Å². The number of halogens is 1. The fourth-order valence-corrected chi connectivity index (χ4v) is 3.74. The Labute approximate surface area is 202 Å². The second-order valence-corrected chi connectivity index (χ2v) is 7.47. The minimum atomic E-state index is -1.98. The van der Waals surface area contributed by atoms with Crippen LogP contribution in [0, 0.1) is 5.41 Å². The molecule has 0 bridgehead atoms. The number of fused-ring (bicyclic) bond motifs is 1. The first-order valence-electron chi connectivity index (χ1n) is 10.1. The summed E-state index contributed by atoms with van der Waals surface area (Å²) in [7, 11) is 1.39. The molecule has 0 radical (unpaired) electrons. The third kappa shape index (κ3) is 4.91. The van der Waals surface area contributed by atoms with Crippen LogP contribution >= 0.6 is 12.4 Å². The van der Waals surface area contributed by atoms with E-state index < -0.39 is 23.8 Å². The van der Waals surface area contributed by atoms with Crippen LogP contribution in [0.15, 0.2) is 60.7 Å². The van der Waals surface area contributed by atoms with E-state index in [9.17, 15) is 19.5 Å². The zero-order valence-corrected chi connectivity index (χ0v) is 19.2. The van der Waals surface area contributed by atoms with Gasteiger partial charge in [-0.1, -0.05) is 48.5 Å². The number of carboxylic acid groups (broad SMARTS) is 1. The summed E-state index contributed by atoms with van der Waals surface area (Å²) in [5.41, 5.74) is 11.0. The van der Waals surface area contributed by atoms with E-state index in [0.29, 0.717) is 21.9 Å². The van der Waals surface area contributed by atoms with Gasteiger partial charge in [0.1, 0.15) is 5.84 Å². The zero-order chi connectivity index (χ0) is 24.2. The highest BCUT2D eigenvalue weighted by molar-refractivity contribution is 6.11. The van der Waals surface area contributed by atoms with Gasteiger partial charge in [-0.3, -0.25) is 20.3 Å². The second kappa shape index (κ2) is 10.9. The molecule has 178 valence electrons. The number of ketones is 1. The van der Waals surface area contributed by atoms with Gasteiger partial charge in [-0.25, -0.2) is 4.79 Å². The smallest absolute Gasteiger partial charge is 0.336 e. The Morgan fingerprint density at radius 2 is 1.74 bits per heavy atom. The van der Waals surface area contributed by atoms with Crippen molar-refractivity contribution < 1.29 is 19.5 Å². The van der Waals surface area contributed by atoms with Crippen molar-refractivity contribution in [3.8, 4) is 0 Å². The van der Waals surface area contributed by atoms with E-state index in [1.54, 1.807) is 54.6 Å². The molecular weight excluding hydrogens is 458 g/mol. The van der Waals surface area contributed by atoms with Gasteiger partial charge < -0.3 is 21.9 Å². The third-order valence-electron chi connectivity index (χ3n) is 5.58. The maximum atomic E-state index is 12.9. The first kappa shape index (κ1) is 26.5. The quantitative estimate of drug-likeness (QED) is 0.152. The van der Waals surface area contributed by atoms with Crippen LogP contribution in [0.5, 0.6) is 0 Å². The lowest BCUT2D eigenvalue weighted by Crippen LogP contribution is -2.56. The lowest BCUT2D eigenvalue weighted by molar-refractivity contribution is -0.150. The molecule has 0 fully saturated rings. The molecule has 0 aromatic heterocycles. The molecule has 1 unspecified atom stereocenters. The highest BCUT2D eigenvalue weighted by Crippen LogP contribution is 2.28. The van der Waals surface area contributed by atoms with Gasteiger partial charge in [0.15, 0.2) is 5.78 Å². The van der Waals surface area contributed by atoms with Crippen molar-refractivity contribution in [3.05, 3.63) is 82.9 Å². The van der Waals surface area contributed by atoms with Crippen LogP contribution in [0.2, 0.25) is 0 Å². The maximum Gasteiger partial charge on any atom is 0.336 e. The molecule has 9 nitrogen and oxygen atoms in total. The van der Waals surface area contributed by atoms with Crippen LogP contribution in [0.25, 0.3) is 10.8 Å². The summed E-state index contributed by atoms with van der Waals surface area (Å²) in [6.45, 7) is -0.167. The molecule has 0 saturated carbocycles. The fraction of sp³-hybridized carbons (Fsp3) is 0.167. The number of carbonyl (C=O) groups excluding carboxylic acids is 2. The molecule has 1 atom stereocenters. The first-order chi connectivity index (χ1) is 15.7. The van der Waals surface area contributed by atoms with Gasteiger partial charge in [0.25, 0.3) is 5.91 Å². The SMILES string of the molecule is CNC(C(=O)O)(C(=O)CN)c1ccc2c(C(=O)NCc3ccc(C(=N)N)cc3)cccc2c1.Cl. The molecule has 0 saturated heterocycles. The minimum absolute atomic E-state index is 0. The Hall–Kier alpha value is -3.79. The van der Waals surface area contributed by atoms with E-state index in [0.717, 1.165) is 5.56 Å². The van der Waals surface area contributed by atoms with Crippen LogP contribution in [-0.4, -0.2) is 42.2 Å². The number of benzene rings is 3.